The molecule has 6 nitrogen and oxygen atoms in total. The number of fused-ring (bicyclic) bond motifs is 1. The molecule has 168 valence electrons. The molecular weight excluding hydrogens is 398 g/mol. The Balaban J connectivity index is 1.31. The van der Waals surface area contributed by atoms with E-state index < -0.39 is 0 Å². The van der Waals surface area contributed by atoms with Crippen LogP contribution in [0.5, 0.6) is 0 Å². The van der Waals surface area contributed by atoms with Crippen LogP contribution in [0.3, 0.4) is 0 Å². The van der Waals surface area contributed by atoms with Gasteiger partial charge in [-0.05, 0) is 61.9 Å². The number of H-pyrrole nitrogens is 1. The largest absolute Gasteiger partial charge is 0.361 e. The van der Waals surface area contributed by atoms with Crippen LogP contribution in [-0.2, 0) is 13.0 Å². The van der Waals surface area contributed by atoms with Crippen molar-refractivity contribution in [2.75, 3.05) is 26.2 Å². The predicted molar refractivity (Wildman–Crippen MR) is 131 cm³/mol. The number of guanidine groups is 1. The Bertz CT molecular complexity index is 1050. The quantitative estimate of drug-likeness (QED) is 0.390. The molecule has 1 aromatic heterocycles. The summed E-state index contributed by atoms with van der Waals surface area (Å²) < 4.78 is 0. The highest BCUT2D eigenvalue weighted by molar-refractivity contribution is 5.94. The summed E-state index contributed by atoms with van der Waals surface area (Å²) in [6.45, 7) is 6.00. The van der Waals surface area contributed by atoms with E-state index in [0.717, 1.165) is 62.5 Å². The predicted octanol–water partition coefficient (Wildman–Crippen LogP) is 4.09. The Kier molecular flexibility index (Phi) is 7.43. The molecule has 0 bridgehead atoms. The maximum atomic E-state index is 12.6. The van der Waals surface area contributed by atoms with E-state index in [1.54, 1.807) is 0 Å². The molecule has 3 N–H and O–H groups in total. The summed E-state index contributed by atoms with van der Waals surface area (Å²) in [5.74, 6) is 0.952. The Morgan fingerprint density at radius 1 is 1.03 bits per heavy atom. The molecule has 32 heavy (non-hydrogen) atoms. The van der Waals surface area contributed by atoms with Crippen molar-refractivity contribution in [1.29, 1.82) is 0 Å². The van der Waals surface area contributed by atoms with Crippen LogP contribution in [0.4, 0.5) is 0 Å². The van der Waals surface area contributed by atoms with E-state index in [2.05, 4.69) is 46.9 Å². The number of piperidine rings is 1. The average Bonchev–Trinajstić information content (AvgIpc) is 3.26. The Morgan fingerprint density at radius 3 is 2.59 bits per heavy atom. The van der Waals surface area contributed by atoms with E-state index in [-0.39, 0.29) is 5.91 Å². The van der Waals surface area contributed by atoms with E-state index in [1.807, 2.05) is 35.2 Å². The zero-order valence-corrected chi connectivity index (χ0v) is 18.9. The molecule has 1 amide bonds. The van der Waals surface area contributed by atoms with Crippen molar-refractivity contribution >= 4 is 22.8 Å². The number of rotatable bonds is 7. The fraction of sp³-hybridized carbons (Fsp3) is 0.385. The molecule has 1 aliphatic heterocycles. The van der Waals surface area contributed by atoms with Crippen molar-refractivity contribution in [2.24, 2.45) is 4.99 Å². The Hall–Kier alpha value is -3.28. The van der Waals surface area contributed by atoms with Crippen molar-refractivity contribution in [3.63, 3.8) is 0 Å². The van der Waals surface area contributed by atoms with Crippen LogP contribution in [0, 0.1) is 0 Å². The molecule has 0 atom stereocenters. The molecule has 0 spiro atoms. The number of aromatic amines is 1. The monoisotopic (exact) mass is 431 g/mol. The summed E-state index contributed by atoms with van der Waals surface area (Å²) in [6.07, 6.45) is 6.45. The number of hydrogen-bond donors (Lipinski definition) is 3. The van der Waals surface area contributed by atoms with Crippen LogP contribution in [0.15, 0.2) is 59.7 Å². The maximum Gasteiger partial charge on any atom is 0.253 e. The fourth-order valence-electron chi connectivity index (χ4n) is 4.20. The van der Waals surface area contributed by atoms with Gasteiger partial charge in [-0.2, -0.15) is 0 Å². The van der Waals surface area contributed by atoms with Gasteiger partial charge in [-0.1, -0.05) is 30.3 Å². The van der Waals surface area contributed by atoms with Gasteiger partial charge in [-0.25, -0.2) is 4.99 Å². The van der Waals surface area contributed by atoms with Crippen LogP contribution in [0.2, 0.25) is 0 Å². The lowest BCUT2D eigenvalue weighted by molar-refractivity contribution is 0.0724. The molecule has 0 saturated carbocycles. The number of nitrogens with zero attached hydrogens (tertiary/aromatic N) is 2. The SMILES string of the molecule is CCNC(=NCc1ccc(C(=O)N2CCCCC2)cc1)NCCc1c[nH]c2ccccc12. The normalized spacial score (nSPS) is 14.5. The maximum absolute atomic E-state index is 12.6. The van der Waals surface area contributed by atoms with Gasteiger partial charge < -0.3 is 20.5 Å². The minimum absolute atomic E-state index is 0.145. The van der Waals surface area contributed by atoms with Crippen molar-refractivity contribution in [3.8, 4) is 0 Å². The smallest absolute Gasteiger partial charge is 0.253 e. The molecule has 6 heteroatoms. The van der Waals surface area contributed by atoms with Crippen LogP contribution in [-0.4, -0.2) is 47.9 Å². The number of aromatic nitrogens is 1. The van der Waals surface area contributed by atoms with Crippen LogP contribution in [0.1, 0.15) is 47.7 Å². The van der Waals surface area contributed by atoms with Gasteiger partial charge in [0.2, 0.25) is 0 Å². The first-order valence-corrected chi connectivity index (χ1v) is 11.7. The van der Waals surface area contributed by atoms with E-state index in [4.69, 9.17) is 4.99 Å². The third-order valence-corrected chi connectivity index (χ3v) is 5.97. The molecule has 0 aliphatic carbocycles. The molecule has 0 radical (unpaired) electrons. The molecule has 4 rings (SSSR count). The number of likely N-dealkylation sites (tertiary alicyclic amines) is 1. The number of benzene rings is 2. The summed E-state index contributed by atoms with van der Waals surface area (Å²) in [6, 6.07) is 16.3. The second kappa shape index (κ2) is 10.8. The molecule has 2 heterocycles. The number of hydrogen-bond acceptors (Lipinski definition) is 2. The van der Waals surface area contributed by atoms with Crippen molar-refractivity contribution in [2.45, 2.75) is 39.2 Å². The first-order valence-electron chi connectivity index (χ1n) is 11.7. The minimum atomic E-state index is 0.145. The van der Waals surface area contributed by atoms with Gasteiger partial charge >= 0.3 is 0 Å². The van der Waals surface area contributed by atoms with Gasteiger partial charge in [0.15, 0.2) is 5.96 Å². The van der Waals surface area contributed by atoms with Crippen LogP contribution >= 0.6 is 0 Å². The number of para-hydroxylation sites is 1. The first-order chi connectivity index (χ1) is 15.7. The molecule has 0 unspecified atom stereocenters. The highest BCUT2D eigenvalue weighted by Crippen LogP contribution is 2.18. The van der Waals surface area contributed by atoms with Gasteiger partial charge in [0.25, 0.3) is 5.91 Å². The summed E-state index contributed by atoms with van der Waals surface area (Å²) in [5, 5.41) is 8.02. The highest BCUT2D eigenvalue weighted by Gasteiger charge is 2.17. The van der Waals surface area contributed by atoms with Crippen LogP contribution in [0.25, 0.3) is 10.9 Å². The van der Waals surface area contributed by atoms with Crippen molar-refractivity contribution in [3.05, 3.63) is 71.4 Å². The molecule has 1 saturated heterocycles. The number of amides is 1. The summed E-state index contributed by atoms with van der Waals surface area (Å²) in [5.41, 5.74) is 4.33. The number of carbonyl (C=O) groups excluding carboxylic acids is 1. The number of carbonyl (C=O) groups is 1. The third-order valence-electron chi connectivity index (χ3n) is 5.97. The third kappa shape index (κ3) is 5.49. The summed E-state index contributed by atoms with van der Waals surface area (Å²) in [7, 11) is 0. The Labute approximate surface area is 190 Å². The minimum Gasteiger partial charge on any atom is -0.361 e. The fourth-order valence-corrected chi connectivity index (χ4v) is 4.20. The lowest BCUT2D eigenvalue weighted by Crippen LogP contribution is -2.38. The van der Waals surface area contributed by atoms with Crippen molar-refractivity contribution in [1.82, 2.24) is 20.5 Å². The lowest BCUT2D eigenvalue weighted by atomic mass is 10.1. The second-order valence-corrected chi connectivity index (χ2v) is 8.28. The second-order valence-electron chi connectivity index (χ2n) is 8.28. The van der Waals surface area contributed by atoms with Gasteiger partial charge in [0.1, 0.15) is 0 Å². The standard InChI is InChI=1S/C26H33N5O/c1-2-27-26(28-15-14-22-19-29-24-9-5-4-8-23(22)24)30-18-20-10-12-21(13-11-20)25(32)31-16-6-3-7-17-31/h4-5,8-13,19,29H,2-3,6-7,14-18H2,1H3,(H2,27,28,30). The topological polar surface area (TPSA) is 72.5 Å². The van der Waals surface area contributed by atoms with E-state index >= 15 is 0 Å². The van der Waals surface area contributed by atoms with E-state index in [1.165, 1.54) is 22.9 Å². The molecule has 3 aromatic rings. The molecular formula is C26H33N5O. The number of aliphatic imine (C=N–C) groups is 1. The van der Waals surface area contributed by atoms with E-state index in [0.29, 0.717) is 6.54 Å². The summed E-state index contributed by atoms with van der Waals surface area (Å²) >= 11 is 0. The van der Waals surface area contributed by atoms with E-state index in [9.17, 15) is 4.79 Å². The van der Waals surface area contributed by atoms with Gasteiger partial charge in [0, 0.05) is 48.8 Å². The Morgan fingerprint density at radius 2 is 1.81 bits per heavy atom. The number of nitrogens with one attached hydrogen (secondary N) is 3. The zero-order valence-electron chi connectivity index (χ0n) is 18.9. The molecule has 1 aliphatic rings. The van der Waals surface area contributed by atoms with Crippen LogP contribution < -0.4 is 10.6 Å². The van der Waals surface area contributed by atoms with Gasteiger partial charge in [-0.3, -0.25) is 4.79 Å². The van der Waals surface area contributed by atoms with Gasteiger partial charge in [-0.15, -0.1) is 0 Å². The molecule has 1 fully saturated rings. The zero-order chi connectivity index (χ0) is 22.2. The highest BCUT2D eigenvalue weighted by atomic mass is 16.2. The average molecular weight is 432 g/mol. The van der Waals surface area contributed by atoms with Gasteiger partial charge in [0.05, 0.1) is 6.54 Å². The van der Waals surface area contributed by atoms with Crippen molar-refractivity contribution < 1.29 is 4.79 Å². The molecule has 2 aromatic carbocycles. The summed E-state index contributed by atoms with van der Waals surface area (Å²) in [4.78, 5) is 22.7. The lowest BCUT2D eigenvalue weighted by Gasteiger charge is -2.26. The first kappa shape index (κ1) is 21.9.